The third-order valence-corrected chi connectivity index (χ3v) is 2.62. The van der Waals surface area contributed by atoms with E-state index in [4.69, 9.17) is 14.6 Å². The van der Waals surface area contributed by atoms with Gasteiger partial charge in [-0.1, -0.05) is 0 Å². The third-order valence-electron chi connectivity index (χ3n) is 2.62. The van der Waals surface area contributed by atoms with Gasteiger partial charge >= 0.3 is 5.97 Å². The second kappa shape index (κ2) is 5.07. The highest BCUT2D eigenvalue weighted by Gasteiger charge is 2.38. The van der Waals surface area contributed by atoms with Crippen LogP contribution in [-0.2, 0) is 19.1 Å². The Kier molecular flexibility index (Phi) is 3.98. The number of carbonyl (C=O) groups is 2. The van der Waals surface area contributed by atoms with Gasteiger partial charge in [-0.3, -0.25) is 4.79 Å². The van der Waals surface area contributed by atoms with Gasteiger partial charge in [-0.05, 0) is 20.8 Å². The van der Waals surface area contributed by atoms with Crippen LogP contribution >= 0.6 is 0 Å². The van der Waals surface area contributed by atoms with Crippen LogP contribution in [0.2, 0.25) is 0 Å². The minimum Gasteiger partial charge on any atom is -0.494 e. The summed E-state index contributed by atoms with van der Waals surface area (Å²) < 4.78 is 10.1. The van der Waals surface area contributed by atoms with Crippen molar-refractivity contribution in [2.75, 3.05) is 19.8 Å². The van der Waals surface area contributed by atoms with Crippen LogP contribution in [0.15, 0.2) is 12.0 Å². The predicted molar refractivity (Wildman–Crippen MR) is 59.1 cm³/mol. The summed E-state index contributed by atoms with van der Waals surface area (Å²) >= 11 is 0. The van der Waals surface area contributed by atoms with Crippen LogP contribution in [0.3, 0.4) is 0 Å². The average Bonchev–Trinajstić information content (AvgIpc) is 2.30. The van der Waals surface area contributed by atoms with Gasteiger partial charge < -0.3 is 19.5 Å². The van der Waals surface area contributed by atoms with Gasteiger partial charge in [-0.15, -0.1) is 0 Å². The highest BCUT2D eigenvalue weighted by molar-refractivity contribution is 5.95. The Morgan fingerprint density at radius 3 is 2.53 bits per heavy atom. The van der Waals surface area contributed by atoms with Crippen molar-refractivity contribution in [2.24, 2.45) is 0 Å². The number of ether oxygens (including phenoxy) is 2. The summed E-state index contributed by atoms with van der Waals surface area (Å²) in [4.78, 5) is 24.4. The zero-order chi connectivity index (χ0) is 13.1. The molecule has 0 aromatic rings. The topological polar surface area (TPSA) is 76.1 Å². The minimum atomic E-state index is -1.28. The van der Waals surface area contributed by atoms with E-state index in [2.05, 4.69) is 0 Å². The summed E-state index contributed by atoms with van der Waals surface area (Å²) in [6, 6.07) is 0. The summed E-state index contributed by atoms with van der Waals surface area (Å²) in [6.45, 7) is 5.63. The lowest BCUT2D eigenvalue weighted by molar-refractivity contribution is -0.156. The molecule has 0 aromatic heterocycles. The first-order valence-corrected chi connectivity index (χ1v) is 5.41. The molecule has 17 heavy (non-hydrogen) atoms. The van der Waals surface area contributed by atoms with E-state index in [9.17, 15) is 9.59 Å². The fourth-order valence-corrected chi connectivity index (χ4v) is 1.52. The Morgan fingerprint density at radius 1 is 1.47 bits per heavy atom. The maximum atomic E-state index is 12.1. The molecule has 0 atom stereocenters. The van der Waals surface area contributed by atoms with Crippen LogP contribution in [0, 0.1) is 0 Å². The molecule has 0 saturated heterocycles. The van der Waals surface area contributed by atoms with Crippen molar-refractivity contribution in [2.45, 2.75) is 26.3 Å². The van der Waals surface area contributed by atoms with Crippen LogP contribution < -0.4 is 0 Å². The normalized spacial score (nSPS) is 15.4. The summed E-state index contributed by atoms with van der Waals surface area (Å²) in [5, 5.41) is 9.10. The number of likely N-dealkylation sites (N-methyl/N-ethyl adjacent to an activating group) is 1. The second-order valence-electron chi connectivity index (χ2n) is 4.11. The average molecular weight is 243 g/mol. The summed E-state index contributed by atoms with van der Waals surface area (Å²) in [5.74, 6) is -1.49. The van der Waals surface area contributed by atoms with Gasteiger partial charge in [0.2, 0.25) is 5.76 Å². The molecule has 0 radical (unpaired) electrons. The standard InChI is InChI=1S/C11H17NO5/c1-4-12(11(2,3)10(14)15)9(13)8-7-16-5-6-17-8/h7H,4-6H2,1-3H3,(H,14,15). The molecule has 1 N–H and O–H groups in total. The molecule has 6 heteroatoms. The molecule has 6 nitrogen and oxygen atoms in total. The first kappa shape index (κ1) is 13.3. The number of amides is 1. The number of carboxylic acids is 1. The summed E-state index contributed by atoms with van der Waals surface area (Å²) in [6.07, 6.45) is 1.23. The fourth-order valence-electron chi connectivity index (χ4n) is 1.52. The van der Waals surface area contributed by atoms with E-state index in [0.717, 1.165) is 0 Å². The molecule has 0 saturated carbocycles. The van der Waals surface area contributed by atoms with Crippen LogP contribution in [0.5, 0.6) is 0 Å². The molecular weight excluding hydrogens is 226 g/mol. The smallest absolute Gasteiger partial charge is 0.329 e. The summed E-state index contributed by atoms with van der Waals surface area (Å²) in [7, 11) is 0. The lowest BCUT2D eigenvalue weighted by Gasteiger charge is -2.34. The number of nitrogens with zero attached hydrogens (tertiary/aromatic N) is 1. The van der Waals surface area contributed by atoms with Crippen molar-refractivity contribution in [1.29, 1.82) is 0 Å². The second-order valence-corrected chi connectivity index (χ2v) is 4.11. The molecule has 0 aromatic carbocycles. The first-order chi connectivity index (χ1) is 7.91. The van der Waals surface area contributed by atoms with Crippen LogP contribution in [0.25, 0.3) is 0 Å². The molecular formula is C11H17NO5. The Bertz CT molecular complexity index is 348. The largest absolute Gasteiger partial charge is 0.494 e. The number of aliphatic carboxylic acids is 1. The minimum absolute atomic E-state index is 0.0485. The van der Waals surface area contributed by atoms with Gasteiger partial charge in [-0.2, -0.15) is 0 Å². The molecule has 0 unspecified atom stereocenters. The number of hydrogen-bond donors (Lipinski definition) is 1. The highest BCUT2D eigenvalue weighted by atomic mass is 16.6. The zero-order valence-electron chi connectivity index (χ0n) is 10.2. The maximum Gasteiger partial charge on any atom is 0.329 e. The van der Waals surface area contributed by atoms with Crippen molar-refractivity contribution in [3.05, 3.63) is 12.0 Å². The van der Waals surface area contributed by atoms with Gasteiger partial charge in [0, 0.05) is 6.54 Å². The predicted octanol–water partition coefficient (Wildman–Crippen LogP) is 0.586. The van der Waals surface area contributed by atoms with Crippen molar-refractivity contribution in [3.8, 4) is 0 Å². The van der Waals surface area contributed by atoms with Crippen LogP contribution in [0.1, 0.15) is 20.8 Å². The number of rotatable bonds is 4. The Labute approximate surface area is 99.8 Å². The van der Waals surface area contributed by atoms with E-state index in [-0.39, 0.29) is 12.3 Å². The lowest BCUT2D eigenvalue weighted by Crippen LogP contribution is -2.53. The lowest BCUT2D eigenvalue weighted by atomic mass is 10.0. The number of carbonyl (C=O) groups excluding carboxylic acids is 1. The van der Waals surface area contributed by atoms with Crippen molar-refractivity contribution in [3.63, 3.8) is 0 Å². The Morgan fingerprint density at radius 2 is 2.12 bits per heavy atom. The molecule has 1 heterocycles. The van der Waals surface area contributed by atoms with E-state index in [0.29, 0.717) is 13.2 Å². The first-order valence-electron chi connectivity index (χ1n) is 5.41. The van der Waals surface area contributed by atoms with Gasteiger partial charge in [0.15, 0.2) is 0 Å². The van der Waals surface area contributed by atoms with Crippen LogP contribution in [-0.4, -0.2) is 47.2 Å². The van der Waals surface area contributed by atoms with Gasteiger partial charge in [-0.25, -0.2) is 4.79 Å². The van der Waals surface area contributed by atoms with Gasteiger partial charge in [0.1, 0.15) is 25.0 Å². The molecule has 1 rings (SSSR count). The van der Waals surface area contributed by atoms with Crippen LogP contribution in [0.4, 0.5) is 0 Å². The van der Waals surface area contributed by atoms with E-state index in [1.54, 1.807) is 6.92 Å². The molecule has 0 spiro atoms. The zero-order valence-corrected chi connectivity index (χ0v) is 10.2. The van der Waals surface area contributed by atoms with Gasteiger partial charge in [0.25, 0.3) is 5.91 Å². The molecule has 0 aliphatic carbocycles. The fraction of sp³-hybridized carbons (Fsp3) is 0.636. The molecule has 1 amide bonds. The number of carboxylic acid groups (broad SMARTS) is 1. The monoisotopic (exact) mass is 243 g/mol. The molecule has 1 aliphatic rings. The van der Waals surface area contributed by atoms with Gasteiger partial charge in [0.05, 0.1) is 0 Å². The highest BCUT2D eigenvalue weighted by Crippen LogP contribution is 2.19. The quantitative estimate of drug-likeness (QED) is 0.782. The maximum absolute atomic E-state index is 12.1. The van der Waals surface area contributed by atoms with Crippen molar-refractivity contribution < 1.29 is 24.2 Å². The van der Waals surface area contributed by atoms with E-state index < -0.39 is 17.4 Å². The van der Waals surface area contributed by atoms with Crippen molar-refractivity contribution in [1.82, 2.24) is 4.90 Å². The Hall–Kier alpha value is -1.72. The molecule has 1 aliphatic heterocycles. The van der Waals surface area contributed by atoms with Crippen molar-refractivity contribution >= 4 is 11.9 Å². The SMILES string of the molecule is CCN(C(=O)C1=COCCO1)C(C)(C)C(=O)O. The Balaban J connectivity index is 2.91. The number of hydrogen-bond acceptors (Lipinski definition) is 4. The van der Waals surface area contributed by atoms with E-state index in [1.165, 1.54) is 25.0 Å². The third kappa shape index (κ3) is 2.69. The molecule has 96 valence electrons. The molecule has 0 fully saturated rings. The van der Waals surface area contributed by atoms with E-state index in [1.807, 2.05) is 0 Å². The molecule has 0 bridgehead atoms. The summed E-state index contributed by atoms with van der Waals surface area (Å²) in [5.41, 5.74) is -1.28. The van der Waals surface area contributed by atoms with E-state index >= 15 is 0 Å².